The number of carbonyl (C=O) groups excluding carboxylic acids is 2. The maximum absolute atomic E-state index is 13.5. The van der Waals surface area contributed by atoms with Crippen LogP contribution in [0.5, 0.6) is 5.75 Å². The van der Waals surface area contributed by atoms with Crippen LogP contribution >= 0.6 is 11.3 Å². The fraction of sp³-hybridized carbons (Fsp3) is 0.136. The van der Waals surface area contributed by atoms with Gasteiger partial charge in [0.2, 0.25) is 10.0 Å². The number of aromatic nitrogens is 1. The highest BCUT2D eigenvalue weighted by Gasteiger charge is 2.28. The number of rotatable bonds is 7. The molecule has 0 unspecified atom stereocenters. The number of sulfonamides is 1. The molecule has 35 heavy (non-hydrogen) atoms. The highest BCUT2D eigenvalue weighted by molar-refractivity contribution is 7.92. The van der Waals surface area contributed by atoms with Gasteiger partial charge < -0.3 is 19.6 Å². The standard InChI is InChI=1S/C22H18FN3O7S2/c1-26(35(2,29)30)15-10-16-14(9-17(15)31-11-18-25-7-8-34-18)19(21(27)33-22(24)28)20(32-16)12-3-5-13(23)6-4-12/h3-10H,11H2,1-2H3,(H2,24,28). The van der Waals surface area contributed by atoms with Gasteiger partial charge in [-0.05, 0) is 30.3 Å². The highest BCUT2D eigenvalue weighted by Crippen LogP contribution is 2.41. The van der Waals surface area contributed by atoms with Gasteiger partial charge in [-0.1, -0.05) is 0 Å². The van der Waals surface area contributed by atoms with Crippen molar-refractivity contribution in [2.45, 2.75) is 6.61 Å². The first-order chi connectivity index (χ1) is 16.5. The molecule has 2 aromatic carbocycles. The van der Waals surface area contributed by atoms with Gasteiger partial charge >= 0.3 is 12.1 Å². The number of carbonyl (C=O) groups is 2. The summed E-state index contributed by atoms with van der Waals surface area (Å²) < 4.78 is 55.3. The van der Waals surface area contributed by atoms with Gasteiger partial charge in [0.25, 0.3) is 0 Å². The number of halogens is 1. The van der Waals surface area contributed by atoms with Crippen molar-refractivity contribution in [2.24, 2.45) is 5.73 Å². The molecule has 1 amide bonds. The lowest BCUT2D eigenvalue weighted by atomic mass is 10.0. The zero-order valence-corrected chi connectivity index (χ0v) is 20.0. The summed E-state index contributed by atoms with van der Waals surface area (Å²) in [5.74, 6) is -1.55. The van der Waals surface area contributed by atoms with E-state index in [2.05, 4.69) is 9.72 Å². The van der Waals surface area contributed by atoms with Gasteiger partial charge in [0.05, 0.1) is 11.9 Å². The van der Waals surface area contributed by atoms with Crippen LogP contribution in [0, 0.1) is 5.82 Å². The van der Waals surface area contributed by atoms with Crippen molar-refractivity contribution < 1.29 is 36.3 Å². The van der Waals surface area contributed by atoms with Crippen LogP contribution in [0.25, 0.3) is 22.3 Å². The molecule has 0 radical (unpaired) electrons. The third-order valence-electron chi connectivity index (χ3n) is 4.94. The number of nitrogens with zero attached hydrogens (tertiary/aromatic N) is 2. The first-order valence-electron chi connectivity index (χ1n) is 9.87. The first-order valence-corrected chi connectivity index (χ1v) is 12.6. The molecule has 2 N–H and O–H groups in total. The van der Waals surface area contributed by atoms with E-state index in [1.807, 2.05) is 0 Å². The fourth-order valence-corrected chi connectivity index (χ4v) is 4.29. The summed E-state index contributed by atoms with van der Waals surface area (Å²) in [4.78, 5) is 28.2. The first kappa shape index (κ1) is 24.2. The number of anilines is 1. The second-order valence-electron chi connectivity index (χ2n) is 7.28. The minimum absolute atomic E-state index is 0.0253. The maximum atomic E-state index is 13.5. The van der Waals surface area contributed by atoms with Crippen LogP contribution in [0.1, 0.15) is 15.4 Å². The van der Waals surface area contributed by atoms with Gasteiger partial charge in [0, 0.05) is 35.6 Å². The zero-order valence-electron chi connectivity index (χ0n) is 18.3. The number of furan rings is 1. The van der Waals surface area contributed by atoms with Crippen LogP contribution in [0.4, 0.5) is 14.9 Å². The number of benzene rings is 2. The Morgan fingerprint density at radius 2 is 1.94 bits per heavy atom. The topological polar surface area (TPSA) is 142 Å². The van der Waals surface area contributed by atoms with Crippen LogP contribution in [0.2, 0.25) is 0 Å². The molecule has 10 nitrogen and oxygen atoms in total. The molecule has 0 aliphatic carbocycles. The summed E-state index contributed by atoms with van der Waals surface area (Å²) >= 11 is 1.34. The molecule has 0 saturated carbocycles. The van der Waals surface area contributed by atoms with Gasteiger partial charge in [0.15, 0.2) is 0 Å². The molecule has 2 aromatic heterocycles. The Bertz CT molecular complexity index is 1510. The van der Waals surface area contributed by atoms with E-state index < -0.39 is 27.9 Å². The number of esters is 1. The molecule has 2 heterocycles. The smallest absolute Gasteiger partial charge is 0.412 e. The second kappa shape index (κ2) is 9.35. The molecule has 13 heteroatoms. The van der Waals surface area contributed by atoms with Crippen molar-refractivity contribution in [3.8, 4) is 17.1 Å². The van der Waals surface area contributed by atoms with Crippen LogP contribution in [0.15, 0.2) is 52.4 Å². The van der Waals surface area contributed by atoms with E-state index in [0.717, 1.165) is 22.7 Å². The SMILES string of the molecule is CN(c1cc2oc(-c3ccc(F)cc3)c(C(=O)OC(N)=O)c2cc1OCc1nccs1)S(C)(=O)=O. The van der Waals surface area contributed by atoms with E-state index in [1.165, 1.54) is 42.6 Å². The predicted molar refractivity (Wildman–Crippen MR) is 126 cm³/mol. The van der Waals surface area contributed by atoms with Crippen molar-refractivity contribution in [2.75, 3.05) is 17.6 Å². The van der Waals surface area contributed by atoms with Crippen molar-refractivity contribution in [3.05, 3.63) is 64.4 Å². The molecule has 182 valence electrons. The highest BCUT2D eigenvalue weighted by atomic mass is 32.2. The molecule has 4 rings (SSSR count). The Morgan fingerprint density at radius 1 is 1.23 bits per heavy atom. The maximum Gasteiger partial charge on any atom is 0.412 e. The number of primary amides is 1. The number of hydrogen-bond acceptors (Lipinski definition) is 9. The average molecular weight is 520 g/mol. The molecule has 0 fully saturated rings. The Balaban J connectivity index is 1.94. The molecular formula is C22H18FN3O7S2. The predicted octanol–water partition coefficient (Wildman–Crippen LogP) is 3.91. The van der Waals surface area contributed by atoms with Crippen LogP contribution < -0.4 is 14.8 Å². The van der Waals surface area contributed by atoms with Gasteiger partial charge in [-0.3, -0.25) is 4.31 Å². The van der Waals surface area contributed by atoms with Crippen LogP contribution in [-0.2, 0) is 21.4 Å². The van der Waals surface area contributed by atoms with Crippen LogP contribution in [-0.4, -0.2) is 38.8 Å². The molecule has 0 aliphatic rings. The van der Waals surface area contributed by atoms with E-state index in [1.54, 1.807) is 11.6 Å². The van der Waals surface area contributed by atoms with E-state index in [-0.39, 0.29) is 40.3 Å². The number of ether oxygens (including phenoxy) is 2. The Kier molecular flexibility index (Phi) is 6.45. The minimum Gasteiger partial charge on any atom is -0.484 e. The summed E-state index contributed by atoms with van der Waals surface area (Å²) in [5, 5.41) is 2.55. The van der Waals surface area contributed by atoms with Gasteiger partial charge in [-0.15, -0.1) is 11.3 Å². The van der Waals surface area contributed by atoms with Gasteiger partial charge in [-0.2, -0.15) is 0 Å². The molecular weight excluding hydrogens is 501 g/mol. The summed E-state index contributed by atoms with van der Waals surface area (Å²) in [5.41, 5.74) is 5.39. The monoisotopic (exact) mass is 519 g/mol. The third kappa shape index (κ3) is 5.10. The molecule has 0 saturated heterocycles. The van der Waals surface area contributed by atoms with E-state index >= 15 is 0 Å². The second-order valence-corrected chi connectivity index (χ2v) is 10.3. The fourth-order valence-electron chi connectivity index (χ4n) is 3.27. The van der Waals surface area contributed by atoms with E-state index in [4.69, 9.17) is 14.9 Å². The number of amides is 1. The summed E-state index contributed by atoms with van der Waals surface area (Å²) in [6, 6.07) is 7.85. The molecule has 0 spiro atoms. The Morgan fingerprint density at radius 3 is 2.54 bits per heavy atom. The number of fused-ring (bicyclic) bond motifs is 1. The van der Waals surface area contributed by atoms with Crippen LogP contribution in [0.3, 0.4) is 0 Å². The van der Waals surface area contributed by atoms with Crippen molar-refractivity contribution in [1.29, 1.82) is 0 Å². The normalized spacial score (nSPS) is 11.4. The van der Waals surface area contributed by atoms with Crippen molar-refractivity contribution in [1.82, 2.24) is 4.98 Å². The lowest BCUT2D eigenvalue weighted by molar-refractivity contribution is 0.0640. The molecule has 0 atom stereocenters. The van der Waals surface area contributed by atoms with E-state index in [0.29, 0.717) is 10.6 Å². The molecule has 4 aromatic rings. The van der Waals surface area contributed by atoms with Crippen molar-refractivity contribution >= 4 is 50.1 Å². The Hall–Kier alpha value is -3.97. The van der Waals surface area contributed by atoms with E-state index in [9.17, 15) is 22.4 Å². The molecule has 0 aliphatic heterocycles. The Labute approximate surface area is 202 Å². The lowest BCUT2D eigenvalue weighted by Crippen LogP contribution is -2.25. The number of nitrogens with two attached hydrogens (primary N) is 1. The quantitative estimate of drug-likeness (QED) is 0.286. The lowest BCUT2D eigenvalue weighted by Gasteiger charge is -2.20. The minimum atomic E-state index is -3.71. The number of thiazole rings is 1. The van der Waals surface area contributed by atoms with Gasteiger partial charge in [0.1, 0.15) is 40.1 Å². The average Bonchev–Trinajstić information content (AvgIpc) is 3.43. The number of hydrogen-bond donors (Lipinski definition) is 1. The zero-order chi connectivity index (χ0) is 25.3. The third-order valence-corrected chi connectivity index (χ3v) is 6.89. The summed E-state index contributed by atoms with van der Waals surface area (Å²) in [7, 11) is -2.38. The summed E-state index contributed by atoms with van der Waals surface area (Å²) in [6.45, 7) is 0.0253. The molecule has 0 bridgehead atoms. The summed E-state index contributed by atoms with van der Waals surface area (Å²) in [6.07, 6.45) is 1.28. The van der Waals surface area contributed by atoms with Gasteiger partial charge in [-0.25, -0.2) is 27.4 Å². The largest absolute Gasteiger partial charge is 0.484 e. The van der Waals surface area contributed by atoms with Crippen molar-refractivity contribution in [3.63, 3.8) is 0 Å².